The van der Waals surface area contributed by atoms with E-state index in [2.05, 4.69) is 11.4 Å². The first-order valence-corrected chi connectivity index (χ1v) is 8.76. The summed E-state index contributed by atoms with van der Waals surface area (Å²) in [6.07, 6.45) is 0. The van der Waals surface area contributed by atoms with Gasteiger partial charge in [-0.1, -0.05) is 35.4 Å². The normalized spacial score (nSPS) is 15.8. The van der Waals surface area contributed by atoms with E-state index in [1.807, 2.05) is 51.1 Å². The van der Waals surface area contributed by atoms with Gasteiger partial charge in [-0.2, -0.15) is 0 Å². The number of hydrogen-bond acceptors (Lipinski definition) is 3. The first-order chi connectivity index (χ1) is 12.4. The Bertz CT molecular complexity index is 843. The standard InChI is InChI=1S/C21H24N2O3/c1-13-5-7-17(8-6-13)26-10-9-23-20-15(3)11-14(2)12-18(20)19(21(23)25)22-16(4)24/h5-8,11-12,19H,9-10H2,1-4H3,(H,22,24)/t19-/m1/s1. The molecule has 2 amide bonds. The minimum absolute atomic E-state index is 0.114. The Hall–Kier alpha value is -2.82. The van der Waals surface area contributed by atoms with E-state index in [-0.39, 0.29) is 11.8 Å². The molecule has 0 bridgehead atoms. The largest absolute Gasteiger partial charge is 0.492 e. The zero-order valence-electron chi connectivity index (χ0n) is 15.6. The van der Waals surface area contributed by atoms with Crippen LogP contribution >= 0.6 is 0 Å². The topological polar surface area (TPSA) is 58.6 Å². The van der Waals surface area contributed by atoms with Crippen molar-refractivity contribution in [3.05, 3.63) is 58.7 Å². The number of carbonyl (C=O) groups is 2. The number of nitrogens with zero attached hydrogens (tertiary/aromatic N) is 1. The molecule has 2 aromatic carbocycles. The quantitative estimate of drug-likeness (QED) is 0.899. The van der Waals surface area contributed by atoms with E-state index in [4.69, 9.17) is 4.74 Å². The molecule has 0 aliphatic carbocycles. The fraction of sp³-hybridized carbons (Fsp3) is 0.333. The van der Waals surface area contributed by atoms with Gasteiger partial charge >= 0.3 is 0 Å². The smallest absolute Gasteiger partial charge is 0.254 e. The van der Waals surface area contributed by atoms with E-state index in [1.165, 1.54) is 12.5 Å². The highest BCUT2D eigenvalue weighted by molar-refractivity contribution is 6.07. The molecule has 0 radical (unpaired) electrons. The SMILES string of the molecule is CC(=O)N[C@H]1C(=O)N(CCOc2ccc(C)cc2)c2c(C)cc(C)cc21. The average molecular weight is 352 g/mol. The van der Waals surface area contributed by atoms with Gasteiger partial charge in [0, 0.05) is 12.5 Å². The molecule has 5 nitrogen and oxygen atoms in total. The van der Waals surface area contributed by atoms with Crippen LogP contribution in [0.3, 0.4) is 0 Å². The highest BCUT2D eigenvalue weighted by Crippen LogP contribution is 2.39. The van der Waals surface area contributed by atoms with Crippen LogP contribution in [0.15, 0.2) is 36.4 Å². The van der Waals surface area contributed by atoms with Crippen LogP contribution in [0, 0.1) is 20.8 Å². The van der Waals surface area contributed by atoms with Crippen molar-refractivity contribution in [1.82, 2.24) is 5.32 Å². The summed E-state index contributed by atoms with van der Waals surface area (Å²) < 4.78 is 5.78. The van der Waals surface area contributed by atoms with Gasteiger partial charge in [-0.25, -0.2) is 0 Å². The third kappa shape index (κ3) is 3.57. The number of anilines is 1. The Morgan fingerprint density at radius 3 is 2.46 bits per heavy atom. The molecule has 1 atom stereocenters. The van der Waals surface area contributed by atoms with Gasteiger partial charge < -0.3 is 15.0 Å². The first-order valence-electron chi connectivity index (χ1n) is 8.76. The summed E-state index contributed by atoms with van der Waals surface area (Å²) in [5.74, 6) is 0.448. The number of amides is 2. The Balaban J connectivity index is 1.80. The lowest BCUT2D eigenvalue weighted by Crippen LogP contribution is -2.38. The summed E-state index contributed by atoms with van der Waals surface area (Å²) in [7, 11) is 0. The minimum atomic E-state index is -0.625. The van der Waals surface area contributed by atoms with E-state index in [0.717, 1.165) is 28.1 Å². The maximum absolute atomic E-state index is 12.9. The highest BCUT2D eigenvalue weighted by Gasteiger charge is 2.38. The van der Waals surface area contributed by atoms with Crippen molar-refractivity contribution in [1.29, 1.82) is 0 Å². The molecule has 5 heteroatoms. The molecular weight excluding hydrogens is 328 g/mol. The van der Waals surface area contributed by atoms with Crippen LogP contribution < -0.4 is 15.0 Å². The van der Waals surface area contributed by atoms with Gasteiger partial charge in [-0.15, -0.1) is 0 Å². The van der Waals surface area contributed by atoms with Crippen molar-refractivity contribution in [2.75, 3.05) is 18.1 Å². The molecule has 0 aromatic heterocycles. The van der Waals surface area contributed by atoms with Crippen molar-refractivity contribution in [3.63, 3.8) is 0 Å². The number of rotatable bonds is 5. The fourth-order valence-electron chi connectivity index (χ4n) is 3.43. The van der Waals surface area contributed by atoms with Gasteiger partial charge in [0.15, 0.2) is 0 Å². The number of carbonyl (C=O) groups excluding carboxylic acids is 2. The van der Waals surface area contributed by atoms with Gasteiger partial charge in [0.25, 0.3) is 5.91 Å². The van der Waals surface area contributed by atoms with Gasteiger partial charge in [0.2, 0.25) is 5.91 Å². The molecule has 0 saturated heterocycles. The molecule has 2 aromatic rings. The summed E-state index contributed by atoms with van der Waals surface area (Å²) in [6.45, 7) is 8.25. The number of ether oxygens (including phenoxy) is 1. The second-order valence-electron chi connectivity index (χ2n) is 6.80. The van der Waals surface area contributed by atoms with Crippen LogP contribution in [0.4, 0.5) is 5.69 Å². The molecular formula is C21H24N2O3. The fourth-order valence-corrected chi connectivity index (χ4v) is 3.43. The summed E-state index contributed by atoms with van der Waals surface area (Å²) in [5, 5.41) is 2.78. The molecule has 3 rings (SSSR count). The average Bonchev–Trinajstić information content (AvgIpc) is 2.82. The third-order valence-electron chi connectivity index (χ3n) is 4.52. The van der Waals surface area contributed by atoms with Crippen LogP contribution in [-0.2, 0) is 9.59 Å². The van der Waals surface area contributed by atoms with Crippen molar-refractivity contribution >= 4 is 17.5 Å². The second-order valence-corrected chi connectivity index (χ2v) is 6.80. The lowest BCUT2D eigenvalue weighted by Gasteiger charge is -2.20. The van der Waals surface area contributed by atoms with Gasteiger partial charge in [0.1, 0.15) is 18.4 Å². The van der Waals surface area contributed by atoms with Crippen LogP contribution in [0.2, 0.25) is 0 Å². The van der Waals surface area contributed by atoms with Gasteiger partial charge in [-0.3, -0.25) is 9.59 Å². The monoisotopic (exact) mass is 352 g/mol. The van der Waals surface area contributed by atoms with Crippen molar-refractivity contribution in [2.45, 2.75) is 33.7 Å². The van der Waals surface area contributed by atoms with Gasteiger partial charge in [-0.05, 0) is 38.5 Å². The first kappa shape index (κ1) is 18.0. The Kier molecular flexibility index (Phi) is 4.98. The molecule has 1 N–H and O–H groups in total. The van der Waals surface area contributed by atoms with Crippen LogP contribution in [0.25, 0.3) is 0 Å². The summed E-state index contributed by atoms with van der Waals surface area (Å²) >= 11 is 0. The molecule has 0 spiro atoms. The van der Waals surface area contributed by atoms with Crippen molar-refractivity contribution in [3.8, 4) is 5.75 Å². The van der Waals surface area contributed by atoms with Crippen LogP contribution in [0.1, 0.15) is 35.2 Å². The van der Waals surface area contributed by atoms with Crippen LogP contribution in [-0.4, -0.2) is 25.0 Å². The molecule has 136 valence electrons. The Morgan fingerprint density at radius 1 is 1.12 bits per heavy atom. The lowest BCUT2D eigenvalue weighted by molar-refractivity contribution is -0.126. The van der Waals surface area contributed by atoms with Gasteiger partial charge in [0.05, 0.1) is 12.2 Å². The number of fused-ring (bicyclic) bond motifs is 1. The van der Waals surface area contributed by atoms with Crippen LogP contribution in [0.5, 0.6) is 5.75 Å². The summed E-state index contributed by atoms with van der Waals surface area (Å²) in [5.41, 5.74) is 5.01. The second kappa shape index (κ2) is 7.20. The van der Waals surface area contributed by atoms with E-state index >= 15 is 0 Å². The highest BCUT2D eigenvalue weighted by atomic mass is 16.5. The molecule has 1 heterocycles. The number of hydrogen-bond donors (Lipinski definition) is 1. The Labute approximate surface area is 154 Å². The van der Waals surface area contributed by atoms with Crippen molar-refractivity contribution < 1.29 is 14.3 Å². The maximum atomic E-state index is 12.9. The maximum Gasteiger partial charge on any atom is 0.254 e. The molecule has 0 saturated carbocycles. The summed E-state index contributed by atoms with van der Waals surface area (Å²) in [6, 6.07) is 11.2. The molecule has 1 aliphatic heterocycles. The molecule has 1 aliphatic rings. The zero-order valence-corrected chi connectivity index (χ0v) is 15.6. The summed E-state index contributed by atoms with van der Waals surface area (Å²) in [4.78, 5) is 26.2. The molecule has 26 heavy (non-hydrogen) atoms. The Morgan fingerprint density at radius 2 is 1.81 bits per heavy atom. The van der Waals surface area contributed by atoms with E-state index in [9.17, 15) is 9.59 Å². The lowest BCUT2D eigenvalue weighted by atomic mass is 10.0. The predicted octanol–water partition coefficient (Wildman–Crippen LogP) is 3.21. The molecule has 0 fully saturated rings. The minimum Gasteiger partial charge on any atom is -0.492 e. The predicted molar refractivity (Wildman–Crippen MR) is 102 cm³/mol. The van der Waals surface area contributed by atoms with Crippen molar-refractivity contribution in [2.24, 2.45) is 0 Å². The van der Waals surface area contributed by atoms with E-state index < -0.39 is 6.04 Å². The van der Waals surface area contributed by atoms with E-state index in [1.54, 1.807) is 4.90 Å². The number of benzene rings is 2. The van der Waals surface area contributed by atoms with E-state index in [0.29, 0.717) is 13.2 Å². The number of nitrogens with one attached hydrogen (secondary N) is 1. The molecule has 0 unspecified atom stereocenters. The zero-order chi connectivity index (χ0) is 18.8. The number of aryl methyl sites for hydroxylation is 3. The third-order valence-corrected chi connectivity index (χ3v) is 4.52.